The number of benzene rings is 3. The molecule has 192 valence electrons. The molecular formula is C26H27N5O6. The Morgan fingerprint density at radius 2 is 1.27 bits per heavy atom. The second-order valence-electron chi connectivity index (χ2n) is 8.15. The molecule has 0 unspecified atom stereocenters. The Hall–Kier alpha value is -4.77. The first-order valence-electron chi connectivity index (χ1n) is 11.4. The molecule has 0 heterocycles. The molecule has 0 spiro atoms. The maximum Gasteiger partial charge on any atom is 0.408 e. The fourth-order valence-corrected chi connectivity index (χ4v) is 3.54. The Bertz CT molecular complexity index is 1210. The van der Waals surface area contributed by atoms with Crippen molar-refractivity contribution >= 4 is 23.6 Å². The minimum Gasteiger partial charge on any atom is -0.445 e. The summed E-state index contributed by atoms with van der Waals surface area (Å²) < 4.78 is 5.22. The zero-order valence-corrected chi connectivity index (χ0v) is 19.8. The van der Waals surface area contributed by atoms with Crippen molar-refractivity contribution in [3.8, 4) is 0 Å². The third-order valence-electron chi connectivity index (χ3n) is 5.47. The Morgan fingerprint density at radius 3 is 1.76 bits per heavy atom. The number of nitrogens with two attached hydrogens (primary N) is 1. The number of rotatable bonds is 11. The van der Waals surface area contributed by atoms with E-state index in [0.29, 0.717) is 5.56 Å². The molecule has 37 heavy (non-hydrogen) atoms. The van der Waals surface area contributed by atoms with E-state index in [4.69, 9.17) is 10.6 Å². The molecule has 11 nitrogen and oxygen atoms in total. The highest BCUT2D eigenvalue weighted by atomic mass is 16.6. The van der Waals surface area contributed by atoms with E-state index in [2.05, 4.69) is 16.1 Å². The maximum absolute atomic E-state index is 13.2. The van der Waals surface area contributed by atoms with E-state index in [1.165, 1.54) is 24.3 Å². The number of alkyl carbamates (subject to hydrolysis) is 1. The fraction of sp³-hybridized carbons (Fsp3) is 0.192. The average molecular weight is 506 g/mol. The molecule has 3 aromatic carbocycles. The monoisotopic (exact) mass is 505 g/mol. The van der Waals surface area contributed by atoms with E-state index in [9.17, 15) is 24.5 Å². The van der Waals surface area contributed by atoms with Crippen LogP contribution >= 0.6 is 0 Å². The average Bonchev–Trinajstić information content (AvgIpc) is 2.92. The number of hydrogen-bond donors (Lipinski definition) is 4. The smallest absolute Gasteiger partial charge is 0.408 e. The molecule has 3 amide bonds. The molecule has 0 saturated heterocycles. The van der Waals surface area contributed by atoms with Crippen molar-refractivity contribution in [2.75, 3.05) is 0 Å². The van der Waals surface area contributed by atoms with E-state index >= 15 is 0 Å². The zero-order valence-electron chi connectivity index (χ0n) is 19.8. The van der Waals surface area contributed by atoms with Crippen molar-refractivity contribution in [3.05, 3.63) is 112 Å². The minimum absolute atomic E-state index is 0.0839. The molecule has 0 aliphatic carbocycles. The Morgan fingerprint density at radius 1 is 0.757 bits per heavy atom. The molecule has 5 N–H and O–H groups in total. The number of hydrazine groups is 1. The first-order valence-corrected chi connectivity index (χ1v) is 11.4. The summed E-state index contributed by atoms with van der Waals surface area (Å²) in [5.74, 6) is 4.14. The summed E-state index contributed by atoms with van der Waals surface area (Å²) in [4.78, 5) is 48.4. The van der Waals surface area contributed by atoms with Crippen LogP contribution in [0.15, 0.2) is 84.9 Å². The number of nitrogens with one attached hydrogen (secondary N) is 3. The molecule has 0 radical (unpaired) electrons. The highest BCUT2D eigenvalue weighted by Gasteiger charge is 2.27. The summed E-state index contributed by atoms with van der Waals surface area (Å²) in [6.45, 7) is -0.157. The standard InChI is InChI=1S/C26H27N5O6/c27-30-25(33)23(16-19-9-5-2-6-10-19)28-24(32)22(15-18-7-3-1-4-8-18)29-26(34)37-17-20-11-13-21(14-12-20)31(35)36/h1-14,22-23H,15-17,27H2,(H,28,32)(H,29,34)(H,30,33)/t22-,23-/m0/s1. The van der Waals surface area contributed by atoms with Gasteiger partial charge < -0.3 is 15.4 Å². The molecule has 0 aliphatic rings. The third-order valence-corrected chi connectivity index (χ3v) is 5.47. The number of hydrogen-bond acceptors (Lipinski definition) is 7. The van der Waals surface area contributed by atoms with Gasteiger partial charge in [0.25, 0.3) is 11.6 Å². The van der Waals surface area contributed by atoms with E-state index < -0.39 is 34.9 Å². The largest absolute Gasteiger partial charge is 0.445 e. The van der Waals surface area contributed by atoms with E-state index in [1.54, 1.807) is 24.3 Å². The van der Waals surface area contributed by atoms with Gasteiger partial charge in [0.05, 0.1) is 4.92 Å². The summed E-state index contributed by atoms with van der Waals surface area (Å²) in [5, 5.41) is 16.0. The Kier molecular flexibility index (Phi) is 9.68. The zero-order chi connectivity index (χ0) is 26.6. The van der Waals surface area contributed by atoms with Crippen LogP contribution in [-0.2, 0) is 33.8 Å². The number of carbonyl (C=O) groups excluding carboxylic acids is 3. The quantitative estimate of drug-likeness (QED) is 0.134. The van der Waals surface area contributed by atoms with Gasteiger partial charge in [-0.15, -0.1) is 0 Å². The minimum atomic E-state index is -1.06. The normalized spacial score (nSPS) is 12.0. The number of nitro groups is 1. The van der Waals surface area contributed by atoms with Gasteiger partial charge in [0, 0.05) is 25.0 Å². The molecule has 11 heteroatoms. The number of nitro benzene ring substituents is 1. The predicted octanol–water partition coefficient (Wildman–Crippen LogP) is 2.15. The molecule has 0 aromatic heterocycles. The highest BCUT2D eigenvalue weighted by molar-refractivity contribution is 5.91. The van der Waals surface area contributed by atoms with Crippen LogP contribution in [0, 0.1) is 10.1 Å². The number of carbonyl (C=O) groups is 3. The van der Waals surface area contributed by atoms with Crippen LogP contribution in [0.4, 0.5) is 10.5 Å². The van der Waals surface area contributed by atoms with Gasteiger partial charge in [0.15, 0.2) is 0 Å². The van der Waals surface area contributed by atoms with Crippen molar-refractivity contribution in [1.82, 2.24) is 16.1 Å². The second kappa shape index (κ2) is 13.4. The van der Waals surface area contributed by atoms with Crippen molar-refractivity contribution in [1.29, 1.82) is 0 Å². The van der Waals surface area contributed by atoms with Gasteiger partial charge in [0.1, 0.15) is 18.7 Å². The number of non-ortho nitro benzene ring substituents is 1. The lowest BCUT2D eigenvalue weighted by Crippen LogP contribution is -2.56. The molecule has 0 fully saturated rings. The summed E-state index contributed by atoms with van der Waals surface area (Å²) in [6, 6.07) is 21.7. The van der Waals surface area contributed by atoms with E-state index in [1.807, 2.05) is 36.4 Å². The lowest BCUT2D eigenvalue weighted by Gasteiger charge is -2.23. The van der Waals surface area contributed by atoms with Gasteiger partial charge in [0.2, 0.25) is 5.91 Å². The Labute approximate surface area is 213 Å². The topological polar surface area (TPSA) is 166 Å². The van der Waals surface area contributed by atoms with Crippen LogP contribution in [0.25, 0.3) is 0 Å². The second-order valence-corrected chi connectivity index (χ2v) is 8.15. The molecule has 3 aromatic rings. The van der Waals surface area contributed by atoms with Crippen LogP contribution in [0.5, 0.6) is 0 Å². The van der Waals surface area contributed by atoms with Crippen molar-refractivity contribution in [3.63, 3.8) is 0 Å². The van der Waals surface area contributed by atoms with Crippen LogP contribution in [0.3, 0.4) is 0 Å². The van der Waals surface area contributed by atoms with Crippen molar-refractivity contribution in [2.45, 2.75) is 31.5 Å². The first-order chi connectivity index (χ1) is 17.9. The molecule has 0 bridgehead atoms. The molecular weight excluding hydrogens is 478 g/mol. The number of nitrogens with zero attached hydrogens (tertiary/aromatic N) is 1. The van der Waals surface area contributed by atoms with Crippen molar-refractivity contribution < 1.29 is 24.0 Å². The van der Waals surface area contributed by atoms with Gasteiger partial charge in [-0.25, -0.2) is 10.6 Å². The van der Waals surface area contributed by atoms with Crippen LogP contribution in [-0.4, -0.2) is 34.9 Å². The van der Waals surface area contributed by atoms with Gasteiger partial charge >= 0.3 is 6.09 Å². The number of ether oxygens (including phenoxy) is 1. The van der Waals surface area contributed by atoms with E-state index in [-0.39, 0.29) is 25.1 Å². The molecule has 2 atom stereocenters. The third kappa shape index (κ3) is 8.44. The highest BCUT2D eigenvalue weighted by Crippen LogP contribution is 2.13. The van der Waals surface area contributed by atoms with E-state index in [0.717, 1.165) is 11.1 Å². The molecule has 0 saturated carbocycles. The van der Waals surface area contributed by atoms with Crippen molar-refractivity contribution in [2.24, 2.45) is 5.84 Å². The number of amides is 3. The van der Waals surface area contributed by atoms with Crippen LogP contribution < -0.4 is 21.9 Å². The first kappa shape index (κ1) is 26.8. The summed E-state index contributed by atoms with van der Waals surface area (Å²) in [7, 11) is 0. The SMILES string of the molecule is NNC(=O)[C@H](Cc1ccccc1)NC(=O)[C@H](Cc1ccccc1)NC(=O)OCc1ccc([N+](=O)[O-])cc1. The van der Waals surface area contributed by atoms with Crippen LogP contribution in [0.1, 0.15) is 16.7 Å². The van der Waals surface area contributed by atoms with Gasteiger partial charge in [-0.2, -0.15) is 0 Å². The maximum atomic E-state index is 13.2. The summed E-state index contributed by atoms with van der Waals surface area (Å²) >= 11 is 0. The summed E-state index contributed by atoms with van der Waals surface area (Å²) in [6.07, 6.45) is -0.530. The fourth-order valence-electron chi connectivity index (χ4n) is 3.54. The van der Waals surface area contributed by atoms with Gasteiger partial charge in [-0.1, -0.05) is 60.7 Å². The molecule has 3 rings (SSSR count). The van der Waals surface area contributed by atoms with Gasteiger partial charge in [-0.3, -0.25) is 25.1 Å². The lowest BCUT2D eigenvalue weighted by atomic mass is 10.0. The Balaban J connectivity index is 1.69. The summed E-state index contributed by atoms with van der Waals surface area (Å²) in [5.41, 5.74) is 4.10. The lowest BCUT2D eigenvalue weighted by molar-refractivity contribution is -0.384. The van der Waals surface area contributed by atoms with Gasteiger partial charge in [-0.05, 0) is 28.8 Å². The predicted molar refractivity (Wildman–Crippen MR) is 135 cm³/mol. The molecule has 0 aliphatic heterocycles. The van der Waals surface area contributed by atoms with Crippen LogP contribution in [0.2, 0.25) is 0 Å².